The molecule has 148 valence electrons. The molecule has 29 heavy (non-hydrogen) atoms. The van der Waals surface area contributed by atoms with Crippen LogP contribution in [0.3, 0.4) is 0 Å². The SMILES string of the molecule is O=C(NCc1ccncc1)c1cccc(C(=O)Nc2ccccc2C(F)(F)F)c1. The first-order valence-corrected chi connectivity index (χ1v) is 8.59. The van der Waals surface area contributed by atoms with Crippen molar-refractivity contribution in [2.24, 2.45) is 0 Å². The van der Waals surface area contributed by atoms with Crippen LogP contribution in [0.4, 0.5) is 18.9 Å². The number of rotatable bonds is 5. The maximum atomic E-state index is 13.1. The summed E-state index contributed by atoms with van der Waals surface area (Å²) in [6, 6.07) is 14.0. The van der Waals surface area contributed by atoms with Crippen molar-refractivity contribution in [1.29, 1.82) is 0 Å². The van der Waals surface area contributed by atoms with E-state index < -0.39 is 23.6 Å². The Morgan fingerprint density at radius 3 is 2.21 bits per heavy atom. The van der Waals surface area contributed by atoms with Crippen molar-refractivity contribution in [3.63, 3.8) is 0 Å². The number of anilines is 1. The van der Waals surface area contributed by atoms with Crippen molar-refractivity contribution in [2.45, 2.75) is 12.7 Å². The standard InChI is InChI=1S/C21H16F3N3O2/c22-21(23,24)17-6-1-2-7-18(17)27-20(29)16-5-3-4-15(12-16)19(28)26-13-14-8-10-25-11-9-14/h1-12H,13H2,(H,26,28)(H,27,29). The van der Waals surface area contributed by atoms with E-state index in [1.165, 1.54) is 42.5 Å². The largest absolute Gasteiger partial charge is 0.418 e. The molecule has 0 unspecified atom stereocenters. The molecule has 0 saturated heterocycles. The number of nitrogens with one attached hydrogen (secondary N) is 2. The van der Waals surface area contributed by atoms with Crippen molar-refractivity contribution >= 4 is 17.5 Å². The lowest BCUT2D eigenvalue weighted by molar-refractivity contribution is -0.136. The summed E-state index contributed by atoms with van der Waals surface area (Å²) in [5.41, 5.74) is -0.155. The van der Waals surface area contributed by atoms with Crippen LogP contribution in [0.15, 0.2) is 73.1 Å². The van der Waals surface area contributed by atoms with Gasteiger partial charge in [0.05, 0.1) is 11.3 Å². The van der Waals surface area contributed by atoms with Gasteiger partial charge in [-0.3, -0.25) is 14.6 Å². The molecule has 2 N–H and O–H groups in total. The molecule has 3 aromatic rings. The number of alkyl halides is 3. The summed E-state index contributed by atoms with van der Waals surface area (Å²) in [4.78, 5) is 28.6. The van der Waals surface area contributed by atoms with E-state index in [4.69, 9.17) is 0 Å². The van der Waals surface area contributed by atoms with Gasteiger partial charge in [-0.05, 0) is 48.0 Å². The average Bonchev–Trinajstić information content (AvgIpc) is 2.72. The minimum absolute atomic E-state index is 0.0681. The minimum Gasteiger partial charge on any atom is -0.348 e. The van der Waals surface area contributed by atoms with Crippen molar-refractivity contribution in [3.05, 3.63) is 95.3 Å². The van der Waals surface area contributed by atoms with Gasteiger partial charge < -0.3 is 10.6 Å². The molecule has 0 aliphatic heterocycles. The highest BCUT2D eigenvalue weighted by atomic mass is 19.4. The molecule has 5 nitrogen and oxygen atoms in total. The molecule has 0 aliphatic rings. The fourth-order valence-electron chi connectivity index (χ4n) is 2.62. The highest BCUT2D eigenvalue weighted by Gasteiger charge is 2.33. The Morgan fingerprint density at radius 1 is 0.862 bits per heavy atom. The van der Waals surface area contributed by atoms with Crippen LogP contribution in [0.5, 0.6) is 0 Å². The number of benzene rings is 2. The first-order chi connectivity index (χ1) is 13.8. The molecular formula is C21H16F3N3O2. The maximum Gasteiger partial charge on any atom is 0.418 e. The molecule has 2 aromatic carbocycles. The first-order valence-electron chi connectivity index (χ1n) is 8.59. The number of amides is 2. The van der Waals surface area contributed by atoms with Crippen LogP contribution < -0.4 is 10.6 Å². The molecule has 3 rings (SSSR count). The van der Waals surface area contributed by atoms with Crippen molar-refractivity contribution in [3.8, 4) is 0 Å². The van der Waals surface area contributed by atoms with E-state index >= 15 is 0 Å². The number of nitrogens with zero attached hydrogens (tertiary/aromatic N) is 1. The second-order valence-electron chi connectivity index (χ2n) is 6.12. The van der Waals surface area contributed by atoms with Crippen LogP contribution >= 0.6 is 0 Å². The Bertz CT molecular complexity index is 1020. The fourth-order valence-corrected chi connectivity index (χ4v) is 2.62. The van der Waals surface area contributed by atoms with E-state index in [1.807, 2.05) is 0 Å². The van der Waals surface area contributed by atoms with Crippen molar-refractivity contribution in [2.75, 3.05) is 5.32 Å². The van der Waals surface area contributed by atoms with Gasteiger partial charge in [0.2, 0.25) is 0 Å². The summed E-state index contributed by atoms with van der Waals surface area (Å²) in [5.74, 6) is -1.15. The zero-order valence-corrected chi connectivity index (χ0v) is 15.0. The van der Waals surface area contributed by atoms with E-state index in [-0.39, 0.29) is 23.4 Å². The third kappa shape index (κ3) is 5.19. The molecule has 0 aliphatic carbocycles. The fraction of sp³-hybridized carbons (Fsp3) is 0.0952. The summed E-state index contributed by atoms with van der Waals surface area (Å²) >= 11 is 0. The molecule has 1 aromatic heterocycles. The summed E-state index contributed by atoms with van der Waals surface area (Å²) in [7, 11) is 0. The molecule has 0 saturated carbocycles. The van der Waals surface area contributed by atoms with E-state index in [0.717, 1.165) is 11.6 Å². The Kier molecular flexibility index (Phi) is 5.92. The quantitative estimate of drug-likeness (QED) is 0.673. The van der Waals surface area contributed by atoms with Crippen LogP contribution in [0.2, 0.25) is 0 Å². The van der Waals surface area contributed by atoms with Crippen molar-refractivity contribution < 1.29 is 22.8 Å². The second kappa shape index (κ2) is 8.55. The number of carbonyl (C=O) groups is 2. The number of halogens is 3. The second-order valence-corrected chi connectivity index (χ2v) is 6.12. The Balaban J connectivity index is 1.72. The summed E-state index contributed by atoms with van der Waals surface area (Å²) in [5, 5.41) is 4.97. The van der Waals surface area contributed by atoms with Gasteiger partial charge in [-0.25, -0.2) is 0 Å². The zero-order valence-electron chi connectivity index (χ0n) is 15.0. The molecular weight excluding hydrogens is 383 g/mol. The summed E-state index contributed by atoms with van der Waals surface area (Å²) < 4.78 is 39.3. The average molecular weight is 399 g/mol. The number of hydrogen-bond donors (Lipinski definition) is 2. The van der Waals surface area contributed by atoms with E-state index in [9.17, 15) is 22.8 Å². The molecule has 0 spiro atoms. The van der Waals surface area contributed by atoms with Crippen LogP contribution in [0.25, 0.3) is 0 Å². The van der Waals surface area contributed by atoms with E-state index in [2.05, 4.69) is 15.6 Å². The normalized spacial score (nSPS) is 11.0. The van der Waals surface area contributed by atoms with Gasteiger partial charge in [0.1, 0.15) is 0 Å². The summed E-state index contributed by atoms with van der Waals surface area (Å²) in [6.07, 6.45) is -1.39. The molecule has 0 bridgehead atoms. The number of hydrogen-bond acceptors (Lipinski definition) is 3. The molecule has 0 atom stereocenters. The monoisotopic (exact) mass is 399 g/mol. The minimum atomic E-state index is -4.60. The number of para-hydroxylation sites is 1. The van der Waals surface area contributed by atoms with Gasteiger partial charge in [-0.15, -0.1) is 0 Å². The van der Waals surface area contributed by atoms with Gasteiger partial charge in [0.25, 0.3) is 11.8 Å². The van der Waals surface area contributed by atoms with Crippen LogP contribution in [-0.4, -0.2) is 16.8 Å². The summed E-state index contributed by atoms with van der Waals surface area (Å²) in [6.45, 7) is 0.275. The number of pyridine rings is 1. The highest BCUT2D eigenvalue weighted by molar-refractivity contribution is 6.06. The number of carbonyl (C=O) groups excluding carboxylic acids is 2. The van der Waals surface area contributed by atoms with Gasteiger partial charge in [0.15, 0.2) is 0 Å². The molecule has 1 heterocycles. The lowest BCUT2D eigenvalue weighted by Gasteiger charge is -2.13. The van der Waals surface area contributed by atoms with E-state index in [1.54, 1.807) is 24.5 Å². The van der Waals surface area contributed by atoms with Gasteiger partial charge >= 0.3 is 6.18 Å². The topological polar surface area (TPSA) is 71.1 Å². The highest BCUT2D eigenvalue weighted by Crippen LogP contribution is 2.34. The smallest absolute Gasteiger partial charge is 0.348 e. The van der Waals surface area contributed by atoms with Crippen LogP contribution in [0, 0.1) is 0 Å². The lowest BCUT2D eigenvalue weighted by Crippen LogP contribution is -2.23. The Labute approximate surface area is 164 Å². The van der Waals surface area contributed by atoms with Gasteiger partial charge in [0, 0.05) is 30.1 Å². The maximum absolute atomic E-state index is 13.1. The molecule has 8 heteroatoms. The van der Waals surface area contributed by atoms with Crippen molar-refractivity contribution in [1.82, 2.24) is 10.3 Å². The first kappa shape index (κ1) is 20.1. The van der Waals surface area contributed by atoms with Crippen LogP contribution in [-0.2, 0) is 12.7 Å². The molecule has 0 radical (unpaired) electrons. The lowest BCUT2D eigenvalue weighted by atomic mass is 10.1. The third-order valence-electron chi connectivity index (χ3n) is 4.07. The van der Waals surface area contributed by atoms with E-state index in [0.29, 0.717) is 0 Å². The van der Waals surface area contributed by atoms with Gasteiger partial charge in [-0.2, -0.15) is 13.2 Å². The number of aromatic nitrogens is 1. The zero-order chi connectivity index (χ0) is 20.9. The molecule has 0 fully saturated rings. The Morgan fingerprint density at radius 2 is 1.52 bits per heavy atom. The predicted octanol–water partition coefficient (Wildman–Crippen LogP) is 4.28. The molecule has 2 amide bonds. The third-order valence-corrected chi connectivity index (χ3v) is 4.07. The van der Waals surface area contributed by atoms with Gasteiger partial charge in [-0.1, -0.05) is 18.2 Å². The van der Waals surface area contributed by atoms with Crippen LogP contribution in [0.1, 0.15) is 31.8 Å². The predicted molar refractivity (Wildman–Crippen MR) is 101 cm³/mol. The Hall–Kier alpha value is -3.68.